The molecule has 1 aliphatic rings. The smallest absolute Gasteiger partial charge is 0.477 e. The van der Waals surface area contributed by atoms with Crippen LogP contribution in [-0.2, 0) is 4.79 Å². The maximum absolute atomic E-state index is 12.9. The molecule has 2 N–H and O–H groups in total. The van der Waals surface area contributed by atoms with Crippen LogP contribution >= 0.6 is 0 Å². The van der Waals surface area contributed by atoms with Gasteiger partial charge in [-0.2, -0.15) is 14.7 Å². The molecule has 0 radical (unpaired) electrons. The summed E-state index contributed by atoms with van der Waals surface area (Å²) in [5.41, 5.74) is 3.01. The molecule has 1 heterocycles. The van der Waals surface area contributed by atoms with E-state index in [2.05, 4.69) is 5.32 Å². The van der Waals surface area contributed by atoms with Crippen LogP contribution in [0.4, 0.5) is 4.79 Å². The zero-order valence-corrected chi connectivity index (χ0v) is 17.9. The molecule has 160 valence electrons. The van der Waals surface area contributed by atoms with Gasteiger partial charge in [0.2, 0.25) is 0 Å². The van der Waals surface area contributed by atoms with Gasteiger partial charge in [-0.05, 0) is 28.3 Å². The van der Waals surface area contributed by atoms with Crippen LogP contribution in [-0.4, -0.2) is 34.1 Å². The van der Waals surface area contributed by atoms with E-state index in [0.717, 1.165) is 28.3 Å². The number of nitrogens with zero attached hydrogens (tertiary/aromatic N) is 1. The van der Waals surface area contributed by atoms with E-state index >= 15 is 0 Å². The predicted octanol–water partition coefficient (Wildman–Crippen LogP) is 3.10. The number of carbonyl (C=O) groups excluding carboxylic acids is 2. The number of unbranched alkanes of at least 4 members (excludes halogenated alkanes) is 1. The lowest BCUT2D eigenvalue weighted by Gasteiger charge is -2.14. The molecule has 3 aromatic carbocycles. The van der Waals surface area contributed by atoms with Gasteiger partial charge in [0.15, 0.2) is 5.57 Å². The van der Waals surface area contributed by atoms with E-state index in [0.29, 0.717) is 18.2 Å². The van der Waals surface area contributed by atoms with E-state index in [9.17, 15) is 14.7 Å². The number of aliphatic hydroxyl groups is 1. The van der Waals surface area contributed by atoms with Crippen molar-refractivity contribution in [2.24, 2.45) is 0 Å². The first-order valence-corrected chi connectivity index (χ1v) is 10.8. The Balaban J connectivity index is 2.14. The molecule has 0 bridgehead atoms. The van der Waals surface area contributed by atoms with Crippen molar-refractivity contribution in [3.05, 3.63) is 106 Å². The van der Waals surface area contributed by atoms with Crippen molar-refractivity contribution in [2.45, 2.75) is 19.8 Å². The van der Waals surface area contributed by atoms with Crippen LogP contribution in [0, 0.1) is 0 Å². The Morgan fingerprint density at radius 1 is 0.844 bits per heavy atom. The molecule has 0 spiro atoms. The van der Waals surface area contributed by atoms with Gasteiger partial charge < -0.3 is 5.11 Å². The molecule has 0 atom stereocenters. The topological polar surface area (TPSA) is 69.4 Å². The third-order valence-corrected chi connectivity index (χ3v) is 5.50. The van der Waals surface area contributed by atoms with Crippen molar-refractivity contribution in [1.82, 2.24) is 5.32 Å². The number of rotatable bonds is 5. The van der Waals surface area contributed by atoms with Gasteiger partial charge in [0.05, 0.1) is 6.54 Å². The van der Waals surface area contributed by atoms with Gasteiger partial charge in [0.1, 0.15) is 0 Å². The molecule has 1 aliphatic heterocycles. The highest BCUT2D eigenvalue weighted by molar-refractivity contribution is 6.41. The van der Waals surface area contributed by atoms with Crippen molar-refractivity contribution >= 4 is 29.0 Å². The van der Waals surface area contributed by atoms with E-state index in [-0.39, 0.29) is 11.5 Å². The quantitative estimate of drug-likeness (QED) is 0.617. The fourth-order valence-corrected chi connectivity index (χ4v) is 3.93. The van der Waals surface area contributed by atoms with Crippen LogP contribution in [0.25, 0.3) is 11.1 Å². The number of carbonyl (C=O) groups is 2. The lowest BCUT2D eigenvalue weighted by Crippen LogP contribution is -2.51. The van der Waals surface area contributed by atoms with E-state index in [1.165, 1.54) is 4.58 Å². The van der Waals surface area contributed by atoms with Crippen molar-refractivity contribution in [2.75, 3.05) is 6.54 Å². The van der Waals surface area contributed by atoms with Gasteiger partial charge in [0.25, 0.3) is 0 Å². The van der Waals surface area contributed by atoms with Crippen molar-refractivity contribution < 1.29 is 19.3 Å². The van der Waals surface area contributed by atoms with Gasteiger partial charge in [-0.15, -0.1) is 0 Å². The molecule has 0 aromatic heterocycles. The molecule has 5 nitrogen and oxygen atoms in total. The Labute approximate surface area is 186 Å². The zero-order valence-electron chi connectivity index (χ0n) is 17.9. The maximum atomic E-state index is 12.9. The minimum Gasteiger partial charge on any atom is -0.477 e. The third-order valence-electron chi connectivity index (χ3n) is 5.50. The number of aliphatic hydroxyl groups excluding tert-OH is 1. The lowest BCUT2D eigenvalue weighted by atomic mass is 9.93. The highest BCUT2D eigenvalue weighted by atomic mass is 16.3. The second-order valence-electron chi connectivity index (χ2n) is 7.62. The Morgan fingerprint density at radius 2 is 1.41 bits per heavy atom. The van der Waals surface area contributed by atoms with E-state index in [1.54, 1.807) is 6.07 Å². The average Bonchev–Trinajstić information content (AvgIpc) is 2.81. The van der Waals surface area contributed by atoms with Gasteiger partial charge in [-0.3, -0.25) is 0 Å². The number of nitrogens with one attached hydrogen (secondary N) is 1. The SMILES string of the molecule is CCCC[N+]1=C(O)C(=c2ccccc2=C(c2ccccc2)c2ccccc2)C(=O)NC1=O. The maximum Gasteiger partial charge on any atom is 0.501 e. The molecule has 4 rings (SSSR count). The second-order valence-corrected chi connectivity index (χ2v) is 7.62. The van der Waals surface area contributed by atoms with Gasteiger partial charge in [0, 0.05) is 5.22 Å². The molecule has 0 fully saturated rings. The first-order chi connectivity index (χ1) is 15.6. The standard InChI is InChI=1S/C27H24N2O3/c1-2-3-18-29-26(31)24(25(30)28-27(29)32)22-17-11-10-16-21(22)23(19-12-6-4-7-13-19)20-14-8-5-9-15-20/h4-17H,2-3,18H2,1H3,(H,28,30,32)/p+1. The largest absolute Gasteiger partial charge is 0.501 e. The summed E-state index contributed by atoms with van der Waals surface area (Å²) in [6.45, 7) is 2.34. The van der Waals surface area contributed by atoms with E-state index < -0.39 is 11.9 Å². The average molecular weight is 426 g/mol. The molecule has 0 aliphatic carbocycles. The van der Waals surface area contributed by atoms with Crippen molar-refractivity contribution in [1.29, 1.82) is 0 Å². The summed E-state index contributed by atoms with van der Waals surface area (Å²) in [4.78, 5) is 25.3. The summed E-state index contributed by atoms with van der Waals surface area (Å²) in [6.07, 6.45) is 1.57. The monoisotopic (exact) mass is 425 g/mol. The molecule has 0 saturated heterocycles. The molecular weight excluding hydrogens is 400 g/mol. The highest BCUT2D eigenvalue weighted by Gasteiger charge is 2.37. The number of hydrogen-bond acceptors (Lipinski definition) is 2. The molecule has 32 heavy (non-hydrogen) atoms. The summed E-state index contributed by atoms with van der Waals surface area (Å²) in [7, 11) is 0. The Morgan fingerprint density at radius 3 is 2.00 bits per heavy atom. The molecule has 3 aromatic rings. The number of urea groups is 1. The number of imide groups is 1. The van der Waals surface area contributed by atoms with Gasteiger partial charge >= 0.3 is 17.8 Å². The zero-order chi connectivity index (χ0) is 22.5. The van der Waals surface area contributed by atoms with Gasteiger partial charge in [-0.25, -0.2) is 4.79 Å². The van der Waals surface area contributed by atoms with Crippen LogP contribution < -0.4 is 15.8 Å². The van der Waals surface area contributed by atoms with Crippen LogP contribution in [0.1, 0.15) is 30.9 Å². The van der Waals surface area contributed by atoms with E-state index in [1.807, 2.05) is 85.8 Å². The normalized spacial score (nSPS) is 15.5. The minimum atomic E-state index is -0.604. The van der Waals surface area contributed by atoms with Crippen molar-refractivity contribution in [3.8, 4) is 0 Å². The van der Waals surface area contributed by atoms with Gasteiger partial charge in [-0.1, -0.05) is 98.3 Å². The summed E-state index contributed by atoms with van der Waals surface area (Å²) in [5, 5.41) is 14.8. The number of benzene rings is 3. The summed E-state index contributed by atoms with van der Waals surface area (Å²) >= 11 is 0. The van der Waals surface area contributed by atoms with Crippen LogP contribution in [0.15, 0.2) is 84.9 Å². The lowest BCUT2D eigenvalue weighted by molar-refractivity contribution is -0.437. The fourth-order valence-electron chi connectivity index (χ4n) is 3.93. The summed E-state index contributed by atoms with van der Waals surface area (Å²) in [6, 6.07) is 26.7. The first-order valence-electron chi connectivity index (χ1n) is 10.8. The Bertz CT molecular complexity index is 1270. The Kier molecular flexibility index (Phi) is 6.26. The second kappa shape index (κ2) is 9.43. The molecular formula is C27H25N2O3+. The Hall–Kier alpha value is -3.99. The number of hydrogen-bond donors (Lipinski definition) is 2. The molecule has 5 heteroatoms. The number of amides is 3. The van der Waals surface area contributed by atoms with Crippen molar-refractivity contribution in [3.63, 3.8) is 0 Å². The minimum absolute atomic E-state index is 0.0978. The molecule has 0 unspecified atom stereocenters. The summed E-state index contributed by atoms with van der Waals surface area (Å²) in [5.74, 6) is -0.909. The van der Waals surface area contributed by atoms with E-state index in [4.69, 9.17) is 0 Å². The van der Waals surface area contributed by atoms with Crippen LogP contribution in [0.2, 0.25) is 0 Å². The molecule has 0 saturated carbocycles. The fraction of sp³-hybridized carbons (Fsp3) is 0.148. The first kappa shape index (κ1) is 21.2. The highest BCUT2D eigenvalue weighted by Crippen LogP contribution is 2.20. The summed E-state index contributed by atoms with van der Waals surface area (Å²) < 4.78 is 1.24. The third kappa shape index (κ3) is 4.10. The van der Waals surface area contributed by atoms with Crippen LogP contribution in [0.3, 0.4) is 0 Å². The molecule has 3 amide bonds. The predicted molar refractivity (Wildman–Crippen MR) is 125 cm³/mol. The van der Waals surface area contributed by atoms with Crippen LogP contribution in [0.5, 0.6) is 0 Å².